The smallest absolute Gasteiger partial charge is 0.407 e. The Balaban J connectivity index is 0.00000128. The van der Waals surface area contributed by atoms with E-state index < -0.39 is 18.0 Å². The van der Waals surface area contributed by atoms with Crippen molar-refractivity contribution >= 4 is 41.7 Å². The van der Waals surface area contributed by atoms with Gasteiger partial charge in [0.05, 0.1) is 11.1 Å². The number of hydrogen-bond acceptors (Lipinski definition) is 2. The molecule has 1 saturated heterocycles. The number of carbonyl (C=O) groups is 1. The van der Waals surface area contributed by atoms with Gasteiger partial charge in [-0.1, -0.05) is 23.2 Å². The molecule has 1 aromatic carbocycles. The molecule has 1 fully saturated rings. The van der Waals surface area contributed by atoms with Crippen LogP contribution in [0.2, 0.25) is 10.0 Å². The lowest BCUT2D eigenvalue weighted by Crippen LogP contribution is -2.19. The standard InChI is InChI=1S/C9H6Cl2FNO2.ClH/c10-4-1-2-5(11)8(12)7(4)6-3-15-9(14)13-6;/h1-2,6H,3H2,(H,13,14);1H/t6-;/m0./s1. The summed E-state index contributed by atoms with van der Waals surface area (Å²) in [4.78, 5) is 10.8. The molecule has 0 aliphatic carbocycles. The summed E-state index contributed by atoms with van der Waals surface area (Å²) in [5.74, 6) is -0.625. The maximum absolute atomic E-state index is 13.6. The van der Waals surface area contributed by atoms with Crippen molar-refractivity contribution in [2.75, 3.05) is 6.61 Å². The molecule has 0 bridgehead atoms. The first-order valence-corrected chi connectivity index (χ1v) is 4.92. The fourth-order valence-electron chi connectivity index (χ4n) is 1.40. The van der Waals surface area contributed by atoms with E-state index in [1.165, 1.54) is 12.1 Å². The van der Waals surface area contributed by atoms with Gasteiger partial charge in [-0.05, 0) is 12.1 Å². The molecule has 1 aromatic rings. The second-order valence-corrected chi connectivity index (χ2v) is 3.87. The highest BCUT2D eigenvalue weighted by atomic mass is 35.5. The Kier molecular flexibility index (Phi) is 4.24. The first kappa shape index (κ1) is 13.4. The third-order valence-corrected chi connectivity index (χ3v) is 2.72. The minimum atomic E-state index is -0.625. The quantitative estimate of drug-likeness (QED) is 0.804. The second kappa shape index (κ2) is 5.08. The minimum absolute atomic E-state index is 0. The van der Waals surface area contributed by atoms with Crippen molar-refractivity contribution in [3.8, 4) is 0 Å². The first-order chi connectivity index (χ1) is 7.09. The van der Waals surface area contributed by atoms with Crippen molar-refractivity contribution < 1.29 is 13.9 Å². The maximum atomic E-state index is 13.6. The van der Waals surface area contributed by atoms with Crippen LogP contribution in [0.3, 0.4) is 0 Å². The summed E-state index contributed by atoms with van der Waals surface area (Å²) in [5, 5.41) is 2.62. The molecule has 2 rings (SSSR count). The van der Waals surface area contributed by atoms with Crippen molar-refractivity contribution in [1.29, 1.82) is 0 Å². The second-order valence-electron chi connectivity index (χ2n) is 3.05. The monoisotopic (exact) mass is 285 g/mol. The molecule has 3 nitrogen and oxygen atoms in total. The number of alkyl carbamates (subject to hydrolysis) is 1. The molecule has 0 saturated carbocycles. The van der Waals surface area contributed by atoms with Crippen LogP contribution < -0.4 is 5.32 Å². The highest BCUT2D eigenvalue weighted by Gasteiger charge is 2.29. The van der Waals surface area contributed by atoms with Crippen molar-refractivity contribution in [2.24, 2.45) is 0 Å². The third-order valence-electron chi connectivity index (χ3n) is 2.10. The van der Waals surface area contributed by atoms with Gasteiger partial charge in [-0.25, -0.2) is 9.18 Å². The molecule has 1 N–H and O–H groups in total. The van der Waals surface area contributed by atoms with Gasteiger partial charge in [-0.15, -0.1) is 12.4 Å². The lowest BCUT2D eigenvalue weighted by Gasteiger charge is -2.11. The molecular weight excluding hydrogens is 279 g/mol. The fraction of sp³-hybridized carbons (Fsp3) is 0.222. The summed E-state index contributed by atoms with van der Waals surface area (Å²) in [7, 11) is 0. The van der Waals surface area contributed by atoms with Crippen LogP contribution in [-0.2, 0) is 4.74 Å². The summed E-state index contributed by atoms with van der Waals surface area (Å²) in [6, 6.07) is 2.26. The number of ether oxygens (including phenoxy) is 1. The molecule has 88 valence electrons. The van der Waals surface area contributed by atoms with Crippen LogP contribution in [0.1, 0.15) is 11.6 Å². The Morgan fingerprint density at radius 1 is 1.38 bits per heavy atom. The largest absolute Gasteiger partial charge is 0.447 e. The Bertz CT molecular complexity index is 427. The van der Waals surface area contributed by atoms with E-state index in [1.54, 1.807) is 0 Å². The van der Waals surface area contributed by atoms with Crippen LogP contribution in [0.25, 0.3) is 0 Å². The fourth-order valence-corrected chi connectivity index (χ4v) is 1.84. The van der Waals surface area contributed by atoms with Crippen LogP contribution in [-0.4, -0.2) is 12.7 Å². The van der Waals surface area contributed by atoms with Gasteiger partial charge in [0.25, 0.3) is 0 Å². The Hall–Kier alpha value is -0.710. The maximum Gasteiger partial charge on any atom is 0.407 e. The minimum Gasteiger partial charge on any atom is -0.447 e. The van der Waals surface area contributed by atoms with Gasteiger partial charge in [0.15, 0.2) is 0 Å². The Morgan fingerprint density at radius 2 is 2.00 bits per heavy atom. The van der Waals surface area contributed by atoms with Gasteiger partial charge >= 0.3 is 6.09 Å². The number of nitrogens with one attached hydrogen (secondary N) is 1. The molecule has 0 radical (unpaired) electrons. The van der Waals surface area contributed by atoms with Gasteiger partial charge in [-0.2, -0.15) is 0 Å². The van der Waals surface area contributed by atoms with Crippen LogP contribution in [0, 0.1) is 5.82 Å². The number of benzene rings is 1. The van der Waals surface area contributed by atoms with E-state index in [9.17, 15) is 9.18 Å². The number of rotatable bonds is 1. The van der Waals surface area contributed by atoms with E-state index in [0.717, 1.165) is 0 Å². The number of carbonyl (C=O) groups excluding carboxylic acids is 1. The van der Waals surface area contributed by atoms with E-state index in [-0.39, 0.29) is 34.6 Å². The van der Waals surface area contributed by atoms with Crippen molar-refractivity contribution in [2.45, 2.75) is 6.04 Å². The summed E-state index contributed by atoms with van der Waals surface area (Å²) < 4.78 is 18.3. The van der Waals surface area contributed by atoms with E-state index in [1.807, 2.05) is 0 Å². The first-order valence-electron chi connectivity index (χ1n) is 4.16. The molecule has 16 heavy (non-hydrogen) atoms. The molecule has 1 heterocycles. The van der Waals surface area contributed by atoms with Gasteiger partial charge in [-0.3, -0.25) is 0 Å². The summed E-state index contributed by atoms with van der Waals surface area (Å²) >= 11 is 11.4. The zero-order chi connectivity index (χ0) is 11.0. The number of cyclic esters (lactones) is 1. The van der Waals surface area contributed by atoms with Crippen LogP contribution in [0.5, 0.6) is 0 Å². The van der Waals surface area contributed by atoms with Crippen LogP contribution >= 0.6 is 35.6 Å². The molecule has 0 unspecified atom stereocenters. The van der Waals surface area contributed by atoms with E-state index in [0.29, 0.717) is 0 Å². The molecule has 1 aliphatic rings. The normalized spacial score (nSPS) is 18.7. The number of halogens is 4. The van der Waals surface area contributed by atoms with Crippen LogP contribution in [0.4, 0.5) is 9.18 Å². The van der Waals surface area contributed by atoms with Gasteiger partial charge in [0.2, 0.25) is 0 Å². The predicted octanol–water partition coefficient (Wildman–Crippen LogP) is 3.34. The molecule has 0 spiro atoms. The SMILES string of the molecule is Cl.O=C1N[C@H](c2c(Cl)ccc(Cl)c2F)CO1. The van der Waals surface area contributed by atoms with Crippen molar-refractivity contribution in [3.63, 3.8) is 0 Å². The Labute approximate surface area is 107 Å². The van der Waals surface area contributed by atoms with Crippen LogP contribution in [0.15, 0.2) is 12.1 Å². The van der Waals surface area contributed by atoms with Crippen molar-refractivity contribution in [1.82, 2.24) is 5.32 Å². The van der Waals surface area contributed by atoms with E-state index in [2.05, 4.69) is 10.1 Å². The summed E-state index contributed by atoms with van der Waals surface area (Å²) in [5.41, 5.74) is 0.162. The van der Waals surface area contributed by atoms with Crippen molar-refractivity contribution in [3.05, 3.63) is 33.6 Å². The lowest BCUT2D eigenvalue weighted by molar-refractivity contribution is 0.177. The average Bonchev–Trinajstić information content (AvgIpc) is 2.59. The third kappa shape index (κ3) is 2.34. The van der Waals surface area contributed by atoms with Gasteiger partial charge < -0.3 is 10.1 Å². The number of hydrogen-bond donors (Lipinski definition) is 1. The molecule has 0 aromatic heterocycles. The highest BCUT2D eigenvalue weighted by molar-refractivity contribution is 6.33. The number of amides is 1. The zero-order valence-corrected chi connectivity index (χ0v) is 10.1. The van der Waals surface area contributed by atoms with E-state index >= 15 is 0 Å². The molecule has 7 heteroatoms. The van der Waals surface area contributed by atoms with Gasteiger partial charge in [0.1, 0.15) is 12.4 Å². The lowest BCUT2D eigenvalue weighted by atomic mass is 10.1. The molecular formula is C9H7Cl3FNO2. The summed E-state index contributed by atoms with van der Waals surface area (Å²) in [6.45, 7) is 0.0514. The Morgan fingerprint density at radius 3 is 2.56 bits per heavy atom. The van der Waals surface area contributed by atoms with Gasteiger partial charge in [0, 0.05) is 10.6 Å². The summed E-state index contributed by atoms with van der Waals surface area (Å²) in [6.07, 6.45) is -0.588. The topological polar surface area (TPSA) is 38.3 Å². The average molecular weight is 287 g/mol. The highest BCUT2D eigenvalue weighted by Crippen LogP contribution is 2.32. The molecule has 1 amide bonds. The molecule has 1 atom stereocenters. The van der Waals surface area contributed by atoms with E-state index in [4.69, 9.17) is 23.2 Å². The zero-order valence-electron chi connectivity index (χ0n) is 7.80. The molecule has 1 aliphatic heterocycles. The predicted molar refractivity (Wildman–Crippen MR) is 60.9 cm³/mol.